The van der Waals surface area contributed by atoms with Crippen LogP contribution in [0.4, 0.5) is 5.69 Å². The number of halogens is 1. The molecule has 0 aromatic heterocycles. The Morgan fingerprint density at radius 3 is 2.21 bits per heavy atom. The standard InChI is InChI=1S/C30H36ClN3O4S/c1-5-23(3)32-30(36)28(19-24-11-7-6-8-12-24)33(20-25-14-16-26(31)17-15-25)29(35)21-34(39(4,37)38)27-13-9-10-22(2)18-27/h6-18,23,28H,5,19-21H2,1-4H3,(H,32,36)/t23-,28+/m1/s1. The van der Waals surface area contributed by atoms with Gasteiger partial charge in [0.15, 0.2) is 0 Å². The van der Waals surface area contributed by atoms with Crippen LogP contribution in [0.25, 0.3) is 0 Å². The number of amides is 2. The van der Waals surface area contributed by atoms with Crippen molar-refractivity contribution < 1.29 is 18.0 Å². The van der Waals surface area contributed by atoms with Gasteiger partial charge in [0, 0.05) is 24.0 Å². The van der Waals surface area contributed by atoms with Crippen molar-refractivity contribution in [2.24, 2.45) is 0 Å². The lowest BCUT2D eigenvalue weighted by Gasteiger charge is -2.34. The van der Waals surface area contributed by atoms with E-state index in [4.69, 9.17) is 11.6 Å². The highest BCUT2D eigenvalue weighted by atomic mass is 35.5. The molecule has 39 heavy (non-hydrogen) atoms. The predicted octanol–water partition coefficient (Wildman–Crippen LogP) is 4.97. The van der Waals surface area contributed by atoms with Crippen LogP contribution in [0.1, 0.15) is 37.0 Å². The van der Waals surface area contributed by atoms with Gasteiger partial charge in [0.25, 0.3) is 0 Å². The predicted molar refractivity (Wildman–Crippen MR) is 157 cm³/mol. The normalized spacial score (nSPS) is 12.8. The van der Waals surface area contributed by atoms with Crippen LogP contribution in [0.5, 0.6) is 0 Å². The van der Waals surface area contributed by atoms with Crippen LogP contribution >= 0.6 is 11.6 Å². The number of nitrogens with one attached hydrogen (secondary N) is 1. The van der Waals surface area contributed by atoms with E-state index in [1.165, 1.54) is 4.90 Å². The second-order valence-corrected chi connectivity index (χ2v) is 12.1. The second-order valence-electron chi connectivity index (χ2n) is 9.78. The zero-order chi connectivity index (χ0) is 28.6. The molecule has 0 fully saturated rings. The molecule has 3 rings (SSSR count). The van der Waals surface area contributed by atoms with Gasteiger partial charge in [0.1, 0.15) is 12.6 Å². The Kier molecular flexibility index (Phi) is 10.5. The Bertz CT molecular complexity index is 1360. The summed E-state index contributed by atoms with van der Waals surface area (Å²) in [6, 6.07) is 22.5. The van der Waals surface area contributed by atoms with E-state index in [0.717, 1.165) is 33.7 Å². The summed E-state index contributed by atoms with van der Waals surface area (Å²) in [5.74, 6) is -0.783. The Labute approximate surface area is 236 Å². The molecule has 0 spiro atoms. The fraction of sp³-hybridized carbons (Fsp3) is 0.333. The molecule has 1 N–H and O–H groups in total. The van der Waals surface area contributed by atoms with Gasteiger partial charge in [0.05, 0.1) is 11.9 Å². The van der Waals surface area contributed by atoms with Crippen LogP contribution in [0.2, 0.25) is 5.02 Å². The van der Waals surface area contributed by atoms with E-state index in [2.05, 4.69) is 5.32 Å². The fourth-order valence-electron chi connectivity index (χ4n) is 4.18. The van der Waals surface area contributed by atoms with Crippen LogP contribution in [-0.2, 0) is 32.6 Å². The molecule has 3 aromatic rings. The summed E-state index contributed by atoms with van der Waals surface area (Å²) < 4.78 is 26.8. The topological polar surface area (TPSA) is 86.8 Å². The molecule has 208 valence electrons. The van der Waals surface area contributed by atoms with Crippen molar-refractivity contribution in [3.05, 3.63) is 101 Å². The number of carbonyl (C=O) groups excluding carboxylic acids is 2. The molecule has 0 bridgehead atoms. The highest BCUT2D eigenvalue weighted by molar-refractivity contribution is 7.92. The zero-order valence-electron chi connectivity index (χ0n) is 22.8. The summed E-state index contributed by atoms with van der Waals surface area (Å²) in [5, 5.41) is 3.57. The van der Waals surface area contributed by atoms with Gasteiger partial charge < -0.3 is 10.2 Å². The van der Waals surface area contributed by atoms with E-state index in [1.54, 1.807) is 42.5 Å². The summed E-state index contributed by atoms with van der Waals surface area (Å²) in [7, 11) is -3.80. The minimum atomic E-state index is -3.80. The molecule has 0 radical (unpaired) electrons. The number of hydrogen-bond acceptors (Lipinski definition) is 4. The first kappa shape index (κ1) is 30.2. The lowest BCUT2D eigenvalue weighted by Crippen LogP contribution is -2.54. The highest BCUT2D eigenvalue weighted by Crippen LogP contribution is 2.22. The van der Waals surface area contributed by atoms with Gasteiger partial charge in [-0.05, 0) is 61.2 Å². The van der Waals surface area contributed by atoms with E-state index in [0.29, 0.717) is 10.7 Å². The van der Waals surface area contributed by atoms with Crippen molar-refractivity contribution in [3.8, 4) is 0 Å². The molecule has 0 aliphatic heterocycles. The minimum Gasteiger partial charge on any atom is -0.352 e. The largest absolute Gasteiger partial charge is 0.352 e. The SMILES string of the molecule is CC[C@@H](C)NC(=O)[C@H](Cc1ccccc1)N(Cc1ccc(Cl)cc1)C(=O)CN(c1cccc(C)c1)S(C)(=O)=O. The minimum absolute atomic E-state index is 0.0944. The Morgan fingerprint density at radius 2 is 1.62 bits per heavy atom. The number of aryl methyl sites for hydroxylation is 1. The Morgan fingerprint density at radius 1 is 0.949 bits per heavy atom. The van der Waals surface area contributed by atoms with Crippen molar-refractivity contribution in [2.45, 2.75) is 52.2 Å². The number of anilines is 1. The maximum atomic E-state index is 14.0. The fourth-order valence-corrected chi connectivity index (χ4v) is 5.15. The maximum Gasteiger partial charge on any atom is 0.244 e. The van der Waals surface area contributed by atoms with Crippen molar-refractivity contribution in [1.82, 2.24) is 10.2 Å². The smallest absolute Gasteiger partial charge is 0.244 e. The van der Waals surface area contributed by atoms with E-state index in [-0.39, 0.29) is 24.9 Å². The molecule has 2 atom stereocenters. The van der Waals surface area contributed by atoms with Crippen molar-refractivity contribution >= 4 is 39.1 Å². The third-order valence-electron chi connectivity index (χ3n) is 6.51. The summed E-state index contributed by atoms with van der Waals surface area (Å²) in [6.45, 7) is 5.39. The quantitative estimate of drug-likeness (QED) is 0.334. The average Bonchev–Trinajstić information content (AvgIpc) is 2.90. The van der Waals surface area contributed by atoms with Crippen LogP contribution in [0.3, 0.4) is 0 Å². The number of benzene rings is 3. The zero-order valence-corrected chi connectivity index (χ0v) is 24.4. The third-order valence-corrected chi connectivity index (χ3v) is 7.90. The number of carbonyl (C=O) groups is 2. The maximum absolute atomic E-state index is 14.0. The van der Waals surface area contributed by atoms with Crippen LogP contribution in [0.15, 0.2) is 78.9 Å². The van der Waals surface area contributed by atoms with Crippen LogP contribution in [-0.4, -0.2) is 50.0 Å². The summed E-state index contributed by atoms with van der Waals surface area (Å²) >= 11 is 6.09. The average molecular weight is 570 g/mol. The van der Waals surface area contributed by atoms with Gasteiger partial charge in [-0.25, -0.2) is 8.42 Å². The van der Waals surface area contributed by atoms with Gasteiger partial charge in [-0.3, -0.25) is 13.9 Å². The first-order valence-corrected chi connectivity index (χ1v) is 15.1. The molecule has 7 nitrogen and oxygen atoms in total. The van der Waals surface area contributed by atoms with Crippen LogP contribution < -0.4 is 9.62 Å². The first-order chi connectivity index (χ1) is 18.5. The van der Waals surface area contributed by atoms with E-state index >= 15 is 0 Å². The molecule has 0 aliphatic carbocycles. The van der Waals surface area contributed by atoms with Gasteiger partial charge in [-0.2, -0.15) is 0 Å². The Hall–Kier alpha value is -3.36. The molecule has 0 unspecified atom stereocenters. The van der Waals surface area contributed by atoms with E-state index < -0.39 is 28.5 Å². The number of rotatable bonds is 12. The van der Waals surface area contributed by atoms with E-state index in [9.17, 15) is 18.0 Å². The summed E-state index contributed by atoms with van der Waals surface area (Å²) in [4.78, 5) is 29.2. The van der Waals surface area contributed by atoms with Gasteiger partial charge in [-0.1, -0.05) is 73.1 Å². The molecular weight excluding hydrogens is 534 g/mol. The molecule has 0 aliphatic rings. The van der Waals surface area contributed by atoms with Gasteiger partial charge >= 0.3 is 0 Å². The monoisotopic (exact) mass is 569 g/mol. The van der Waals surface area contributed by atoms with Crippen molar-refractivity contribution in [2.75, 3.05) is 17.1 Å². The number of sulfonamides is 1. The van der Waals surface area contributed by atoms with Gasteiger partial charge in [-0.15, -0.1) is 0 Å². The second kappa shape index (κ2) is 13.6. The number of nitrogens with zero attached hydrogens (tertiary/aromatic N) is 2. The molecule has 0 heterocycles. The molecule has 2 amide bonds. The van der Waals surface area contributed by atoms with Gasteiger partial charge in [0.2, 0.25) is 21.8 Å². The summed E-state index contributed by atoms with van der Waals surface area (Å²) in [6.07, 6.45) is 2.07. The molecular formula is C30H36ClN3O4S. The van der Waals surface area contributed by atoms with Crippen molar-refractivity contribution in [3.63, 3.8) is 0 Å². The van der Waals surface area contributed by atoms with Crippen molar-refractivity contribution in [1.29, 1.82) is 0 Å². The molecule has 9 heteroatoms. The number of hydrogen-bond donors (Lipinski definition) is 1. The molecule has 0 saturated heterocycles. The lowest BCUT2D eigenvalue weighted by atomic mass is 10.0. The third kappa shape index (κ3) is 8.83. The highest BCUT2D eigenvalue weighted by Gasteiger charge is 2.33. The lowest BCUT2D eigenvalue weighted by molar-refractivity contribution is -0.140. The Balaban J connectivity index is 2.05. The molecule has 0 saturated carbocycles. The molecule has 3 aromatic carbocycles. The first-order valence-electron chi connectivity index (χ1n) is 12.9. The summed E-state index contributed by atoms with van der Waals surface area (Å²) in [5.41, 5.74) is 2.90. The van der Waals surface area contributed by atoms with E-state index in [1.807, 2.05) is 57.2 Å². The van der Waals surface area contributed by atoms with Crippen LogP contribution in [0, 0.1) is 6.92 Å².